The highest BCUT2D eigenvalue weighted by atomic mass is 35.5. The number of aryl methyl sites for hydroxylation is 3. The van der Waals surface area contributed by atoms with Gasteiger partial charge in [-0.05, 0) is 43.0 Å². The van der Waals surface area contributed by atoms with Gasteiger partial charge in [-0.2, -0.15) is 0 Å². The fourth-order valence-corrected chi connectivity index (χ4v) is 2.80. The Balaban J connectivity index is 2.12. The number of rotatable bonds is 4. The smallest absolute Gasteiger partial charge is 0.252 e. The Bertz CT molecular complexity index is 641. The number of hydrogen-bond acceptors (Lipinski definition) is 1. The maximum absolute atomic E-state index is 12.4. The lowest BCUT2D eigenvalue weighted by Gasteiger charge is -2.12. The van der Waals surface area contributed by atoms with Gasteiger partial charge in [-0.3, -0.25) is 4.79 Å². The summed E-state index contributed by atoms with van der Waals surface area (Å²) in [4.78, 5) is 12.4. The summed E-state index contributed by atoms with van der Waals surface area (Å²) in [6.07, 6.45) is 0. The van der Waals surface area contributed by atoms with Crippen LogP contribution < -0.4 is 5.32 Å². The molecule has 0 unspecified atom stereocenters. The molecule has 0 radical (unpaired) electrons. The van der Waals surface area contributed by atoms with Crippen molar-refractivity contribution in [2.24, 2.45) is 0 Å². The molecule has 0 bridgehead atoms. The van der Waals surface area contributed by atoms with Gasteiger partial charge < -0.3 is 5.32 Å². The minimum atomic E-state index is -0.0266. The van der Waals surface area contributed by atoms with E-state index >= 15 is 0 Å². The molecule has 0 aromatic heterocycles. The molecule has 0 atom stereocenters. The van der Waals surface area contributed by atoms with Crippen LogP contribution in [0.15, 0.2) is 36.4 Å². The van der Waals surface area contributed by atoms with Crippen LogP contribution in [0, 0.1) is 20.8 Å². The molecular formula is C18H20ClNO. The highest BCUT2D eigenvalue weighted by Crippen LogP contribution is 2.16. The maximum Gasteiger partial charge on any atom is 0.252 e. The molecule has 0 spiro atoms. The Morgan fingerprint density at radius 2 is 1.67 bits per heavy atom. The first kappa shape index (κ1) is 15.6. The van der Waals surface area contributed by atoms with Gasteiger partial charge >= 0.3 is 0 Å². The Labute approximate surface area is 131 Å². The Morgan fingerprint density at radius 3 is 2.29 bits per heavy atom. The molecule has 2 aromatic carbocycles. The maximum atomic E-state index is 12.4. The Kier molecular flexibility index (Phi) is 5.03. The highest BCUT2D eigenvalue weighted by Gasteiger charge is 2.12. The Morgan fingerprint density at radius 1 is 1.05 bits per heavy atom. The van der Waals surface area contributed by atoms with Gasteiger partial charge in [-0.25, -0.2) is 0 Å². The van der Waals surface area contributed by atoms with E-state index < -0.39 is 0 Å². The third-order valence-electron chi connectivity index (χ3n) is 3.50. The lowest BCUT2D eigenvalue weighted by molar-refractivity contribution is 0.0949. The lowest BCUT2D eigenvalue weighted by atomic mass is 9.99. The first-order chi connectivity index (χ1) is 10.0. The highest BCUT2D eigenvalue weighted by molar-refractivity contribution is 6.17. The van der Waals surface area contributed by atoms with Crippen LogP contribution >= 0.6 is 11.6 Å². The summed E-state index contributed by atoms with van der Waals surface area (Å²) in [7, 11) is 0. The van der Waals surface area contributed by atoms with Crippen LogP contribution in [-0.4, -0.2) is 5.91 Å². The zero-order valence-electron chi connectivity index (χ0n) is 12.7. The monoisotopic (exact) mass is 301 g/mol. The van der Waals surface area contributed by atoms with Gasteiger partial charge in [-0.15, -0.1) is 11.6 Å². The van der Waals surface area contributed by atoms with E-state index in [2.05, 4.69) is 5.32 Å². The van der Waals surface area contributed by atoms with Crippen LogP contribution in [0.5, 0.6) is 0 Å². The molecule has 3 heteroatoms. The van der Waals surface area contributed by atoms with Crippen molar-refractivity contribution in [3.8, 4) is 0 Å². The molecule has 1 N–H and O–H groups in total. The SMILES string of the molecule is Cc1cc(C)c(C(=O)NCc2cccc(CCl)c2)c(C)c1. The molecule has 21 heavy (non-hydrogen) atoms. The zero-order chi connectivity index (χ0) is 15.4. The number of alkyl halides is 1. The van der Waals surface area contributed by atoms with E-state index in [1.165, 1.54) is 5.56 Å². The van der Waals surface area contributed by atoms with Crippen molar-refractivity contribution < 1.29 is 4.79 Å². The summed E-state index contributed by atoms with van der Waals surface area (Å²) in [5.74, 6) is 0.457. The van der Waals surface area contributed by atoms with E-state index in [4.69, 9.17) is 11.6 Å². The minimum Gasteiger partial charge on any atom is -0.348 e. The van der Waals surface area contributed by atoms with Crippen molar-refractivity contribution >= 4 is 17.5 Å². The van der Waals surface area contributed by atoms with Gasteiger partial charge in [0.15, 0.2) is 0 Å². The molecule has 110 valence electrons. The molecular weight excluding hydrogens is 282 g/mol. The van der Waals surface area contributed by atoms with E-state index in [0.29, 0.717) is 12.4 Å². The van der Waals surface area contributed by atoms with Crippen molar-refractivity contribution in [3.05, 3.63) is 69.8 Å². The van der Waals surface area contributed by atoms with Crippen molar-refractivity contribution in [1.29, 1.82) is 0 Å². The van der Waals surface area contributed by atoms with E-state index in [1.54, 1.807) is 0 Å². The Hall–Kier alpha value is -1.80. The molecule has 0 saturated heterocycles. The van der Waals surface area contributed by atoms with Crippen molar-refractivity contribution in [2.45, 2.75) is 33.2 Å². The van der Waals surface area contributed by atoms with E-state index in [1.807, 2.05) is 57.2 Å². The molecule has 0 heterocycles. The number of carbonyl (C=O) groups excluding carboxylic acids is 1. The van der Waals surface area contributed by atoms with E-state index in [9.17, 15) is 4.79 Å². The first-order valence-corrected chi connectivity index (χ1v) is 7.54. The van der Waals surface area contributed by atoms with Crippen LogP contribution in [0.2, 0.25) is 0 Å². The standard InChI is InChI=1S/C18H20ClNO/c1-12-7-13(2)17(14(3)8-12)18(21)20-11-16-6-4-5-15(9-16)10-19/h4-9H,10-11H2,1-3H3,(H,20,21). The number of halogens is 1. The molecule has 2 rings (SSSR count). The normalized spacial score (nSPS) is 10.5. The van der Waals surface area contributed by atoms with E-state index in [-0.39, 0.29) is 5.91 Å². The van der Waals surface area contributed by atoms with Gasteiger partial charge in [0, 0.05) is 18.0 Å². The fourth-order valence-electron chi connectivity index (χ4n) is 2.63. The van der Waals surface area contributed by atoms with Crippen LogP contribution in [0.25, 0.3) is 0 Å². The average Bonchev–Trinajstić information content (AvgIpc) is 2.44. The third kappa shape index (κ3) is 3.85. The lowest BCUT2D eigenvalue weighted by Crippen LogP contribution is -2.24. The predicted molar refractivity (Wildman–Crippen MR) is 87.8 cm³/mol. The van der Waals surface area contributed by atoms with Crippen LogP contribution in [0.4, 0.5) is 0 Å². The number of hydrogen-bond donors (Lipinski definition) is 1. The van der Waals surface area contributed by atoms with Crippen LogP contribution in [0.1, 0.15) is 38.2 Å². The van der Waals surface area contributed by atoms with Gasteiger partial charge in [0.2, 0.25) is 0 Å². The molecule has 0 aliphatic heterocycles. The molecule has 1 amide bonds. The number of benzene rings is 2. The summed E-state index contributed by atoms with van der Waals surface area (Å²) >= 11 is 5.83. The van der Waals surface area contributed by atoms with E-state index in [0.717, 1.165) is 27.8 Å². The van der Waals surface area contributed by atoms with Crippen molar-refractivity contribution in [2.75, 3.05) is 0 Å². The van der Waals surface area contributed by atoms with Crippen molar-refractivity contribution in [3.63, 3.8) is 0 Å². The second kappa shape index (κ2) is 6.77. The summed E-state index contributed by atoms with van der Waals surface area (Å²) in [5, 5.41) is 2.99. The minimum absolute atomic E-state index is 0.0266. The number of amides is 1. The molecule has 0 saturated carbocycles. The zero-order valence-corrected chi connectivity index (χ0v) is 13.4. The second-order valence-electron chi connectivity index (χ2n) is 5.41. The summed E-state index contributed by atoms with van der Waals surface area (Å²) in [6, 6.07) is 12.0. The van der Waals surface area contributed by atoms with Gasteiger partial charge in [0.05, 0.1) is 0 Å². The molecule has 2 aromatic rings. The summed E-state index contributed by atoms with van der Waals surface area (Å²) < 4.78 is 0. The second-order valence-corrected chi connectivity index (χ2v) is 5.68. The topological polar surface area (TPSA) is 29.1 Å². The van der Waals surface area contributed by atoms with Crippen LogP contribution in [0.3, 0.4) is 0 Å². The molecule has 2 nitrogen and oxygen atoms in total. The third-order valence-corrected chi connectivity index (χ3v) is 3.81. The van der Waals surface area contributed by atoms with Crippen LogP contribution in [-0.2, 0) is 12.4 Å². The van der Waals surface area contributed by atoms with Gasteiger partial charge in [-0.1, -0.05) is 42.0 Å². The fraction of sp³-hybridized carbons (Fsp3) is 0.278. The molecule has 0 aliphatic rings. The van der Waals surface area contributed by atoms with Gasteiger partial charge in [0.1, 0.15) is 0 Å². The first-order valence-electron chi connectivity index (χ1n) is 7.01. The molecule has 0 aliphatic carbocycles. The largest absolute Gasteiger partial charge is 0.348 e. The average molecular weight is 302 g/mol. The summed E-state index contributed by atoms with van der Waals surface area (Å²) in [6.45, 7) is 6.50. The number of carbonyl (C=O) groups is 1. The predicted octanol–water partition coefficient (Wildman–Crippen LogP) is 4.28. The summed E-state index contributed by atoms with van der Waals surface area (Å²) in [5.41, 5.74) is 6.10. The van der Waals surface area contributed by atoms with Gasteiger partial charge in [0.25, 0.3) is 5.91 Å². The quantitative estimate of drug-likeness (QED) is 0.839. The number of nitrogens with one attached hydrogen (secondary N) is 1. The molecule has 0 fully saturated rings. The van der Waals surface area contributed by atoms with Crippen molar-refractivity contribution in [1.82, 2.24) is 5.32 Å².